The van der Waals surface area contributed by atoms with Gasteiger partial charge in [-0.1, -0.05) is 43.1 Å². The van der Waals surface area contributed by atoms with Crippen molar-refractivity contribution < 1.29 is 18.8 Å². The Kier molecular flexibility index (Phi) is 5.58. The van der Waals surface area contributed by atoms with Gasteiger partial charge in [0.2, 0.25) is 6.23 Å². The van der Waals surface area contributed by atoms with Gasteiger partial charge in [-0.3, -0.25) is 9.28 Å². The molecular formula is C24H29ClNO3+. The van der Waals surface area contributed by atoms with Gasteiger partial charge in [0.25, 0.3) is 0 Å². The van der Waals surface area contributed by atoms with Gasteiger partial charge in [-0.2, -0.15) is 0 Å². The maximum atomic E-state index is 12.3. The van der Waals surface area contributed by atoms with Gasteiger partial charge in [-0.05, 0) is 30.7 Å². The molecule has 1 fully saturated rings. The molecule has 2 aliphatic rings. The van der Waals surface area contributed by atoms with Gasteiger partial charge in [-0.25, -0.2) is 0 Å². The summed E-state index contributed by atoms with van der Waals surface area (Å²) in [5.74, 6) is 2.22. The van der Waals surface area contributed by atoms with E-state index in [1.807, 2.05) is 37.3 Å². The Morgan fingerprint density at radius 1 is 1.17 bits per heavy atom. The first kappa shape index (κ1) is 20.2. The molecule has 29 heavy (non-hydrogen) atoms. The van der Waals surface area contributed by atoms with Gasteiger partial charge in [0.05, 0.1) is 20.1 Å². The van der Waals surface area contributed by atoms with E-state index in [4.69, 9.17) is 21.1 Å². The summed E-state index contributed by atoms with van der Waals surface area (Å²) in [5.41, 5.74) is 2.36. The fourth-order valence-electron chi connectivity index (χ4n) is 4.75. The molecule has 4 rings (SSSR count). The van der Waals surface area contributed by atoms with Crippen LogP contribution in [0.15, 0.2) is 42.5 Å². The van der Waals surface area contributed by atoms with Crippen LogP contribution in [-0.2, 0) is 9.53 Å². The van der Waals surface area contributed by atoms with Crippen LogP contribution in [0, 0.1) is 0 Å². The molecule has 154 valence electrons. The molecule has 2 aliphatic heterocycles. The highest BCUT2D eigenvalue weighted by Crippen LogP contribution is 2.52. The molecule has 4 nitrogen and oxygen atoms in total. The van der Waals surface area contributed by atoms with Crippen LogP contribution in [0.5, 0.6) is 11.5 Å². The van der Waals surface area contributed by atoms with Gasteiger partial charge >= 0.3 is 5.97 Å². The number of hydrogen-bond acceptors (Lipinski definition) is 3. The lowest BCUT2D eigenvalue weighted by molar-refractivity contribution is -0.940. The molecule has 0 spiro atoms. The minimum absolute atomic E-state index is 0.0991. The molecule has 0 saturated carbocycles. The predicted octanol–water partition coefficient (Wildman–Crippen LogP) is 5.85. The monoisotopic (exact) mass is 414 g/mol. The number of halogens is 1. The van der Waals surface area contributed by atoms with Crippen molar-refractivity contribution in [3.05, 3.63) is 58.6 Å². The molecule has 2 aromatic carbocycles. The Bertz CT molecular complexity index is 915. The SMILES string of the molecule is CCCCC(=O)OC(C)[N+]1(C)CC2c3ccccc3Oc3ccc(Cl)cc3C2C1. The van der Waals surface area contributed by atoms with Crippen molar-refractivity contribution in [2.45, 2.75) is 51.2 Å². The van der Waals surface area contributed by atoms with Crippen LogP contribution < -0.4 is 4.74 Å². The van der Waals surface area contributed by atoms with Crippen molar-refractivity contribution in [2.75, 3.05) is 20.1 Å². The first-order valence-corrected chi connectivity index (χ1v) is 10.9. The highest BCUT2D eigenvalue weighted by atomic mass is 35.5. The predicted molar refractivity (Wildman–Crippen MR) is 114 cm³/mol. The normalized spacial score (nSPS) is 25.8. The number of benzene rings is 2. The fourth-order valence-corrected chi connectivity index (χ4v) is 4.93. The summed E-state index contributed by atoms with van der Waals surface area (Å²) in [6, 6.07) is 14.2. The lowest BCUT2D eigenvalue weighted by Crippen LogP contribution is -2.51. The molecule has 0 N–H and O–H groups in total. The van der Waals surface area contributed by atoms with Crippen LogP contribution in [-0.4, -0.2) is 36.8 Å². The number of para-hydroxylation sites is 1. The number of hydrogen-bond donors (Lipinski definition) is 0. The smallest absolute Gasteiger partial charge is 0.310 e. The minimum atomic E-state index is -0.193. The first-order chi connectivity index (χ1) is 13.9. The largest absolute Gasteiger partial charge is 0.457 e. The summed E-state index contributed by atoms with van der Waals surface area (Å²) in [6.07, 6.45) is 2.16. The number of rotatable bonds is 5. The maximum absolute atomic E-state index is 12.3. The Morgan fingerprint density at radius 3 is 2.62 bits per heavy atom. The Balaban J connectivity index is 1.67. The summed E-state index contributed by atoms with van der Waals surface area (Å²) < 4.78 is 12.8. The number of esters is 1. The minimum Gasteiger partial charge on any atom is -0.457 e. The average molecular weight is 415 g/mol. The number of ether oxygens (including phenoxy) is 2. The highest BCUT2D eigenvalue weighted by Gasteiger charge is 2.50. The molecule has 2 aromatic rings. The molecule has 0 amide bonds. The van der Waals surface area contributed by atoms with E-state index in [2.05, 4.69) is 26.1 Å². The van der Waals surface area contributed by atoms with Crippen molar-refractivity contribution in [1.29, 1.82) is 0 Å². The van der Waals surface area contributed by atoms with Crippen LogP contribution >= 0.6 is 11.6 Å². The number of fused-ring (bicyclic) bond motifs is 5. The molecule has 2 heterocycles. The number of likely N-dealkylation sites (N-methyl/N-ethyl adjacent to an activating group) is 1. The Labute approximate surface area is 178 Å². The van der Waals surface area contributed by atoms with Crippen LogP contribution in [0.25, 0.3) is 0 Å². The van der Waals surface area contributed by atoms with Crippen LogP contribution in [0.4, 0.5) is 0 Å². The second-order valence-electron chi connectivity index (χ2n) is 8.57. The zero-order valence-corrected chi connectivity index (χ0v) is 18.1. The summed E-state index contributed by atoms with van der Waals surface area (Å²) in [7, 11) is 2.19. The lowest BCUT2D eigenvalue weighted by Gasteiger charge is -2.35. The second-order valence-corrected chi connectivity index (χ2v) is 9.01. The van der Waals surface area contributed by atoms with E-state index in [0.717, 1.165) is 48.0 Å². The third kappa shape index (κ3) is 3.88. The number of unbranched alkanes of at least 4 members (excludes halogenated alkanes) is 1. The topological polar surface area (TPSA) is 35.5 Å². The van der Waals surface area contributed by atoms with Gasteiger partial charge in [0, 0.05) is 41.3 Å². The van der Waals surface area contributed by atoms with E-state index in [1.165, 1.54) is 5.56 Å². The van der Waals surface area contributed by atoms with Crippen molar-refractivity contribution in [3.63, 3.8) is 0 Å². The van der Waals surface area contributed by atoms with Crippen LogP contribution in [0.3, 0.4) is 0 Å². The average Bonchev–Trinajstić information content (AvgIpc) is 3.01. The zero-order valence-electron chi connectivity index (χ0n) is 17.4. The summed E-state index contributed by atoms with van der Waals surface area (Å²) in [4.78, 5) is 12.3. The summed E-state index contributed by atoms with van der Waals surface area (Å²) in [6.45, 7) is 5.87. The number of likely N-dealkylation sites (tertiary alicyclic amines) is 1. The molecule has 4 unspecified atom stereocenters. The van der Waals surface area contributed by atoms with E-state index in [-0.39, 0.29) is 24.0 Å². The van der Waals surface area contributed by atoms with E-state index < -0.39 is 0 Å². The molecule has 0 aromatic heterocycles. The van der Waals surface area contributed by atoms with Crippen molar-refractivity contribution in [2.24, 2.45) is 0 Å². The van der Waals surface area contributed by atoms with E-state index in [9.17, 15) is 4.79 Å². The fraction of sp³-hybridized carbons (Fsp3) is 0.458. The first-order valence-electron chi connectivity index (χ1n) is 10.5. The summed E-state index contributed by atoms with van der Waals surface area (Å²) in [5, 5.41) is 0.720. The molecule has 0 aliphatic carbocycles. The number of nitrogens with zero attached hydrogens (tertiary/aromatic N) is 1. The lowest BCUT2D eigenvalue weighted by atomic mass is 9.84. The van der Waals surface area contributed by atoms with Crippen LogP contribution in [0.2, 0.25) is 5.02 Å². The van der Waals surface area contributed by atoms with E-state index >= 15 is 0 Å². The van der Waals surface area contributed by atoms with Crippen molar-refractivity contribution in [3.8, 4) is 11.5 Å². The van der Waals surface area contributed by atoms with E-state index in [1.54, 1.807) is 0 Å². The second kappa shape index (κ2) is 8.00. The van der Waals surface area contributed by atoms with Crippen LogP contribution in [0.1, 0.15) is 56.1 Å². The number of carbonyl (C=O) groups excluding carboxylic acids is 1. The third-order valence-corrected chi connectivity index (χ3v) is 6.77. The Morgan fingerprint density at radius 2 is 1.86 bits per heavy atom. The molecule has 0 bridgehead atoms. The molecule has 0 radical (unpaired) electrons. The summed E-state index contributed by atoms with van der Waals surface area (Å²) >= 11 is 6.35. The molecule has 5 heteroatoms. The van der Waals surface area contributed by atoms with Gasteiger partial charge in [0.15, 0.2) is 0 Å². The van der Waals surface area contributed by atoms with Crippen molar-refractivity contribution >= 4 is 17.6 Å². The molecule has 1 saturated heterocycles. The Hall–Kier alpha value is -2.04. The third-order valence-electron chi connectivity index (χ3n) is 6.54. The number of carbonyl (C=O) groups is 1. The standard InChI is InChI=1S/C24H29ClNO3/c1-4-5-10-24(27)28-16(2)26(3)14-20-18-8-6-7-9-22(18)29-23-12-11-17(25)13-19(23)21(20)15-26/h6-9,11-13,16,20-21H,4-5,10,14-15H2,1-3H3/q+1. The highest BCUT2D eigenvalue weighted by molar-refractivity contribution is 6.30. The van der Waals surface area contributed by atoms with Crippen molar-refractivity contribution in [1.82, 2.24) is 0 Å². The molecule has 4 atom stereocenters. The van der Waals surface area contributed by atoms with Gasteiger partial charge in [0.1, 0.15) is 11.5 Å². The maximum Gasteiger partial charge on any atom is 0.310 e. The van der Waals surface area contributed by atoms with Gasteiger partial charge in [-0.15, -0.1) is 0 Å². The van der Waals surface area contributed by atoms with E-state index in [0.29, 0.717) is 10.9 Å². The molecular weight excluding hydrogens is 386 g/mol. The number of quaternary nitrogens is 1. The quantitative estimate of drug-likeness (QED) is 0.454. The zero-order chi connectivity index (χ0) is 20.6. The van der Waals surface area contributed by atoms with Gasteiger partial charge < -0.3 is 9.47 Å².